The van der Waals surface area contributed by atoms with Crippen molar-refractivity contribution in [2.24, 2.45) is 7.05 Å². The molecule has 1 aromatic heterocycles. The second-order valence-electron chi connectivity index (χ2n) is 4.71. The van der Waals surface area contributed by atoms with Gasteiger partial charge in [-0.3, -0.25) is 14.3 Å². The number of hydrogen-bond acceptors (Lipinski definition) is 3. The smallest absolute Gasteiger partial charge is 0.303 e. The zero-order valence-electron chi connectivity index (χ0n) is 11.7. The van der Waals surface area contributed by atoms with Crippen molar-refractivity contribution in [2.45, 2.75) is 19.4 Å². The predicted octanol–water partition coefficient (Wildman–Crippen LogP) is 1.57. The lowest BCUT2D eigenvalue weighted by Crippen LogP contribution is -2.23. The van der Waals surface area contributed by atoms with Gasteiger partial charge in [0.25, 0.3) is 0 Å². The first-order valence-electron chi connectivity index (χ1n) is 6.62. The van der Waals surface area contributed by atoms with Gasteiger partial charge in [0, 0.05) is 37.3 Å². The number of benzene rings is 1. The number of rotatable bonds is 6. The van der Waals surface area contributed by atoms with Gasteiger partial charge in [0.1, 0.15) is 0 Å². The summed E-state index contributed by atoms with van der Waals surface area (Å²) in [6, 6.07) is 9.70. The summed E-state index contributed by atoms with van der Waals surface area (Å²) in [5.41, 5.74) is 2.69. The Morgan fingerprint density at radius 3 is 2.62 bits per heavy atom. The van der Waals surface area contributed by atoms with Crippen molar-refractivity contribution in [1.29, 1.82) is 0 Å². The molecule has 0 fully saturated rings. The van der Waals surface area contributed by atoms with E-state index in [-0.39, 0.29) is 18.7 Å². The topological polar surface area (TPSA) is 84.2 Å². The summed E-state index contributed by atoms with van der Waals surface area (Å²) in [5.74, 6) is -1.25. The highest BCUT2D eigenvalue weighted by Crippen LogP contribution is 2.21. The van der Waals surface area contributed by atoms with Crippen LogP contribution in [0.25, 0.3) is 11.3 Å². The van der Waals surface area contributed by atoms with Crippen LogP contribution in [0, 0.1) is 0 Å². The van der Waals surface area contributed by atoms with E-state index in [1.54, 1.807) is 4.68 Å². The predicted molar refractivity (Wildman–Crippen MR) is 77.4 cm³/mol. The van der Waals surface area contributed by atoms with Crippen LogP contribution < -0.4 is 5.32 Å². The van der Waals surface area contributed by atoms with Crippen LogP contribution in [-0.2, 0) is 23.2 Å². The number of nitrogens with one attached hydrogen (secondary N) is 1. The van der Waals surface area contributed by atoms with Crippen LogP contribution in [-0.4, -0.2) is 26.8 Å². The molecular formula is C15H17N3O3. The van der Waals surface area contributed by atoms with Crippen LogP contribution in [0.5, 0.6) is 0 Å². The van der Waals surface area contributed by atoms with E-state index in [1.807, 2.05) is 43.6 Å². The van der Waals surface area contributed by atoms with Crippen LogP contribution in [0.15, 0.2) is 36.5 Å². The van der Waals surface area contributed by atoms with Gasteiger partial charge in [0.2, 0.25) is 5.91 Å². The molecule has 1 aromatic carbocycles. The fourth-order valence-corrected chi connectivity index (χ4v) is 2.01. The lowest BCUT2D eigenvalue weighted by Gasteiger charge is -2.05. The summed E-state index contributed by atoms with van der Waals surface area (Å²) in [6.45, 7) is 0.330. The number of aryl methyl sites for hydroxylation is 1. The summed E-state index contributed by atoms with van der Waals surface area (Å²) in [5, 5.41) is 15.7. The maximum atomic E-state index is 11.6. The third-order valence-electron chi connectivity index (χ3n) is 2.99. The Labute approximate surface area is 122 Å². The third kappa shape index (κ3) is 4.17. The fraction of sp³-hybridized carbons (Fsp3) is 0.267. The number of carboxylic acid groups (broad SMARTS) is 1. The second kappa shape index (κ2) is 6.69. The Balaban J connectivity index is 2.04. The molecular weight excluding hydrogens is 270 g/mol. The molecule has 0 unspecified atom stereocenters. The largest absolute Gasteiger partial charge is 0.481 e. The van der Waals surface area contributed by atoms with E-state index in [0.717, 1.165) is 16.8 Å². The molecule has 0 atom stereocenters. The lowest BCUT2D eigenvalue weighted by molar-refractivity contribution is -0.138. The number of carbonyl (C=O) groups is 2. The third-order valence-corrected chi connectivity index (χ3v) is 2.99. The number of carboxylic acids is 1. The van der Waals surface area contributed by atoms with Gasteiger partial charge in [-0.25, -0.2) is 0 Å². The van der Waals surface area contributed by atoms with Crippen molar-refractivity contribution in [3.05, 3.63) is 42.1 Å². The molecule has 0 radical (unpaired) electrons. The number of aromatic nitrogens is 2. The Bertz CT molecular complexity index is 635. The molecule has 0 saturated heterocycles. The normalized spacial score (nSPS) is 10.3. The Kier molecular flexibility index (Phi) is 4.71. The maximum absolute atomic E-state index is 11.6. The van der Waals surface area contributed by atoms with Crippen molar-refractivity contribution in [3.8, 4) is 11.3 Å². The molecule has 6 nitrogen and oxygen atoms in total. The van der Waals surface area contributed by atoms with E-state index in [0.29, 0.717) is 6.54 Å². The van der Waals surface area contributed by atoms with Crippen molar-refractivity contribution < 1.29 is 14.7 Å². The first kappa shape index (κ1) is 14.8. The number of hydrogen-bond donors (Lipinski definition) is 2. The average Bonchev–Trinajstić information content (AvgIpc) is 2.85. The van der Waals surface area contributed by atoms with Gasteiger partial charge >= 0.3 is 5.97 Å². The van der Waals surface area contributed by atoms with E-state index in [4.69, 9.17) is 5.11 Å². The minimum absolute atomic E-state index is 0.0176. The molecule has 0 aliphatic carbocycles. The van der Waals surface area contributed by atoms with Crippen LogP contribution in [0.4, 0.5) is 0 Å². The van der Waals surface area contributed by atoms with Gasteiger partial charge < -0.3 is 10.4 Å². The van der Waals surface area contributed by atoms with Crippen molar-refractivity contribution in [1.82, 2.24) is 15.1 Å². The summed E-state index contributed by atoms with van der Waals surface area (Å²) in [4.78, 5) is 22.0. The lowest BCUT2D eigenvalue weighted by atomic mass is 10.1. The van der Waals surface area contributed by atoms with E-state index >= 15 is 0 Å². The van der Waals surface area contributed by atoms with Gasteiger partial charge in [-0.2, -0.15) is 5.10 Å². The van der Waals surface area contributed by atoms with Crippen molar-refractivity contribution in [2.75, 3.05) is 0 Å². The molecule has 1 amide bonds. The summed E-state index contributed by atoms with van der Waals surface area (Å²) in [6.07, 6.45) is 1.67. The highest BCUT2D eigenvalue weighted by molar-refractivity contribution is 5.80. The molecule has 0 aliphatic heterocycles. The van der Waals surface area contributed by atoms with Crippen molar-refractivity contribution in [3.63, 3.8) is 0 Å². The van der Waals surface area contributed by atoms with Gasteiger partial charge in [0.15, 0.2) is 0 Å². The number of carbonyl (C=O) groups excluding carboxylic acids is 1. The first-order chi connectivity index (χ1) is 10.1. The maximum Gasteiger partial charge on any atom is 0.303 e. The molecule has 2 rings (SSSR count). The second-order valence-corrected chi connectivity index (χ2v) is 4.71. The SMILES string of the molecule is Cn1cc(CNC(=O)CCC(=O)O)c(-c2ccccc2)n1. The molecule has 1 heterocycles. The highest BCUT2D eigenvalue weighted by atomic mass is 16.4. The molecule has 6 heteroatoms. The number of aliphatic carboxylic acids is 1. The Morgan fingerprint density at radius 2 is 1.95 bits per heavy atom. The highest BCUT2D eigenvalue weighted by Gasteiger charge is 2.11. The van der Waals surface area contributed by atoms with Gasteiger partial charge in [-0.05, 0) is 0 Å². The van der Waals surface area contributed by atoms with Gasteiger partial charge in [-0.15, -0.1) is 0 Å². The number of amides is 1. The van der Waals surface area contributed by atoms with Gasteiger partial charge in [0.05, 0.1) is 12.1 Å². The quantitative estimate of drug-likeness (QED) is 0.844. The molecule has 0 spiro atoms. The Morgan fingerprint density at radius 1 is 1.24 bits per heavy atom. The molecule has 0 bridgehead atoms. The number of nitrogens with zero attached hydrogens (tertiary/aromatic N) is 2. The summed E-state index contributed by atoms with van der Waals surface area (Å²) >= 11 is 0. The zero-order valence-corrected chi connectivity index (χ0v) is 11.7. The monoisotopic (exact) mass is 287 g/mol. The first-order valence-corrected chi connectivity index (χ1v) is 6.62. The summed E-state index contributed by atoms with van der Waals surface area (Å²) < 4.78 is 1.70. The minimum Gasteiger partial charge on any atom is -0.481 e. The van der Waals surface area contributed by atoms with Crippen LogP contribution >= 0.6 is 0 Å². The minimum atomic E-state index is -0.975. The molecule has 2 N–H and O–H groups in total. The average molecular weight is 287 g/mol. The van der Waals surface area contributed by atoms with Crippen LogP contribution in [0.3, 0.4) is 0 Å². The van der Waals surface area contributed by atoms with E-state index < -0.39 is 5.97 Å². The molecule has 0 saturated carbocycles. The zero-order chi connectivity index (χ0) is 15.2. The summed E-state index contributed by atoms with van der Waals surface area (Å²) in [7, 11) is 1.82. The fourth-order valence-electron chi connectivity index (χ4n) is 2.01. The molecule has 21 heavy (non-hydrogen) atoms. The van der Waals surface area contributed by atoms with E-state index in [1.165, 1.54) is 0 Å². The molecule has 2 aromatic rings. The van der Waals surface area contributed by atoms with E-state index in [9.17, 15) is 9.59 Å². The molecule has 0 aliphatic rings. The van der Waals surface area contributed by atoms with Crippen molar-refractivity contribution >= 4 is 11.9 Å². The Hall–Kier alpha value is -2.63. The van der Waals surface area contributed by atoms with Crippen LogP contribution in [0.2, 0.25) is 0 Å². The van der Waals surface area contributed by atoms with E-state index in [2.05, 4.69) is 10.4 Å². The molecule has 110 valence electrons. The van der Waals surface area contributed by atoms with Crippen LogP contribution in [0.1, 0.15) is 18.4 Å². The standard InChI is InChI=1S/C15H17N3O3/c1-18-10-12(9-16-13(19)7-8-14(20)21)15(17-18)11-5-3-2-4-6-11/h2-6,10H,7-9H2,1H3,(H,16,19)(H,20,21). The van der Waals surface area contributed by atoms with Gasteiger partial charge in [-0.1, -0.05) is 30.3 Å².